The lowest BCUT2D eigenvalue weighted by Gasteiger charge is -2.39. The van der Waals surface area contributed by atoms with Crippen LogP contribution < -0.4 is 0 Å². The molecule has 0 saturated carbocycles. The van der Waals surface area contributed by atoms with Crippen LogP contribution in [0.2, 0.25) is 0 Å². The zero-order chi connectivity index (χ0) is 11.3. The normalized spacial score (nSPS) is 26.8. The topological polar surface area (TPSA) is 6.48 Å². The van der Waals surface area contributed by atoms with Crippen molar-refractivity contribution in [2.45, 2.75) is 32.7 Å². The number of thiol groups is 1. The Hall–Kier alpha value is 0.270. The van der Waals surface area contributed by atoms with Crippen molar-refractivity contribution in [1.29, 1.82) is 0 Å². The molecule has 90 valence electrons. The monoisotopic (exact) mass is 230 g/mol. The molecule has 0 amide bonds. The summed E-state index contributed by atoms with van der Waals surface area (Å²) in [5, 5.41) is 0. The standard InChI is InChI=1S/C12H26N2S/c1-4-5-12(10-15)9-14-7-6-13(3)8-11(14)2/h11-12,15H,4-10H2,1-3H3. The highest BCUT2D eigenvalue weighted by Gasteiger charge is 2.23. The Labute approximate surface area is 100 Å². The zero-order valence-electron chi connectivity index (χ0n) is 10.4. The second kappa shape index (κ2) is 6.77. The van der Waals surface area contributed by atoms with E-state index in [1.165, 1.54) is 39.0 Å². The van der Waals surface area contributed by atoms with Crippen LogP contribution in [0, 0.1) is 5.92 Å². The number of hydrogen-bond donors (Lipinski definition) is 1. The number of rotatable bonds is 5. The van der Waals surface area contributed by atoms with Gasteiger partial charge in [-0.2, -0.15) is 12.6 Å². The maximum atomic E-state index is 4.46. The van der Waals surface area contributed by atoms with E-state index in [1.807, 2.05) is 0 Å². The summed E-state index contributed by atoms with van der Waals surface area (Å²) in [4.78, 5) is 5.06. The van der Waals surface area contributed by atoms with Crippen molar-refractivity contribution in [3.8, 4) is 0 Å². The van der Waals surface area contributed by atoms with Crippen molar-refractivity contribution in [2.75, 3.05) is 39.0 Å². The van der Waals surface area contributed by atoms with Crippen LogP contribution in [0.5, 0.6) is 0 Å². The van der Waals surface area contributed by atoms with E-state index >= 15 is 0 Å². The quantitative estimate of drug-likeness (QED) is 0.722. The molecule has 2 atom stereocenters. The molecule has 0 bridgehead atoms. The van der Waals surface area contributed by atoms with Gasteiger partial charge in [0.1, 0.15) is 0 Å². The van der Waals surface area contributed by atoms with Crippen LogP contribution in [0.3, 0.4) is 0 Å². The molecule has 1 fully saturated rings. The predicted molar refractivity (Wildman–Crippen MR) is 70.8 cm³/mol. The van der Waals surface area contributed by atoms with E-state index in [-0.39, 0.29) is 0 Å². The van der Waals surface area contributed by atoms with E-state index < -0.39 is 0 Å². The van der Waals surface area contributed by atoms with Crippen LogP contribution in [-0.4, -0.2) is 54.8 Å². The van der Waals surface area contributed by atoms with Crippen molar-refractivity contribution < 1.29 is 0 Å². The molecule has 0 aliphatic carbocycles. The molecule has 0 aromatic rings. The van der Waals surface area contributed by atoms with Crippen molar-refractivity contribution in [2.24, 2.45) is 5.92 Å². The molecule has 1 saturated heterocycles. The van der Waals surface area contributed by atoms with Gasteiger partial charge in [0.05, 0.1) is 0 Å². The first-order chi connectivity index (χ1) is 7.17. The number of nitrogens with zero attached hydrogens (tertiary/aromatic N) is 2. The molecule has 2 nitrogen and oxygen atoms in total. The van der Waals surface area contributed by atoms with Gasteiger partial charge in [-0.05, 0) is 32.1 Å². The average Bonchev–Trinajstić information content (AvgIpc) is 2.21. The van der Waals surface area contributed by atoms with E-state index in [0.29, 0.717) is 6.04 Å². The van der Waals surface area contributed by atoms with Gasteiger partial charge in [0.15, 0.2) is 0 Å². The summed E-state index contributed by atoms with van der Waals surface area (Å²) in [6.45, 7) is 9.51. The van der Waals surface area contributed by atoms with Gasteiger partial charge in [0.2, 0.25) is 0 Å². The molecule has 1 rings (SSSR count). The number of hydrogen-bond acceptors (Lipinski definition) is 3. The van der Waals surface area contributed by atoms with Gasteiger partial charge in [-0.1, -0.05) is 13.3 Å². The molecule has 0 aromatic heterocycles. The van der Waals surface area contributed by atoms with Crippen molar-refractivity contribution >= 4 is 12.6 Å². The van der Waals surface area contributed by atoms with Gasteiger partial charge >= 0.3 is 0 Å². The minimum Gasteiger partial charge on any atom is -0.304 e. The van der Waals surface area contributed by atoms with Gasteiger partial charge in [0.25, 0.3) is 0 Å². The SMILES string of the molecule is CCCC(CS)CN1CCN(C)CC1C. The third kappa shape index (κ3) is 4.33. The molecule has 15 heavy (non-hydrogen) atoms. The summed E-state index contributed by atoms with van der Waals surface area (Å²) in [6.07, 6.45) is 2.61. The number of likely N-dealkylation sites (N-methyl/N-ethyl adjacent to an activating group) is 1. The zero-order valence-corrected chi connectivity index (χ0v) is 11.3. The van der Waals surface area contributed by atoms with Crippen molar-refractivity contribution in [1.82, 2.24) is 9.80 Å². The molecule has 2 unspecified atom stereocenters. The molecule has 1 aliphatic rings. The van der Waals surface area contributed by atoms with Gasteiger partial charge in [-0.25, -0.2) is 0 Å². The van der Waals surface area contributed by atoms with Crippen LogP contribution in [-0.2, 0) is 0 Å². The van der Waals surface area contributed by atoms with E-state index in [2.05, 4.69) is 43.3 Å². The first kappa shape index (κ1) is 13.3. The van der Waals surface area contributed by atoms with Crippen molar-refractivity contribution in [3.05, 3.63) is 0 Å². The van der Waals surface area contributed by atoms with Gasteiger partial charge in [0, 0.05) is 32.2 Å². The molecule has 0 spiro atoms. The van der Waals surface area contributed by atoms with E-state index in [0.717, 1.165) is 11.7 Å². The Morgan fingerprint density at radius 2 is 2.13 bits per heavy atom. The summed E-state index contributed by atoms with van der Waals surface area (Å²) in [5.41, 5.74) is 0. The van der Waals surface area contributed by atoms with Crippen LogP contribution in [0.25, 0.3) is 0 Å². The van der Waals surface area contributed by atoms with E-state index in [9.17, 15) is 0 Å². The molecule has 1 heterocycles. The fraction of sp³-hybridized carbons (Fsp3) is 1.00. The highest BCUT2D eigenvalue weighted by atomic mass is 32.1. The Morgan fingerprint density at radius 3 is 2.67 bits per heavy atom. The molecule has 3 heteroatoms. The Kier molecular flexibility index (Phi) is 6.02. The fourth-order valence-corrected chi connectivity index (χ4v) is 2.73. The minimum absolute atomic E-state index is 0.711. The van der Waals surface area contributed by atoms with Crippen LogP contribution in [0.15, 0.2) is 0 Å². The van der Waals surface area contributed by atoms with Crippen molar-refractivity contribution in [3.63, 3.8) is 0 Å². The predicted octanol–water partition coefficient (Wildman–Crippen LogP) is 1.97. The Balaban J connectivity index is 2.35. The first-order valence-corrected chi connectivity index (χ1v) is 6.84. The average molecular weight is 230 g/mol. The Bertz CT molecular complexity index is 175. The summed E-state index contributed by atoms with van der Waals surface area (Å²) >= 11 is 4.46. The highest BCUT2D eigenvalue weighted by Crippen LogP contribution is 2.15. The largest absolute Gasteiger partial charge is 0.304 e. The molecular weight excluding hydrogens is 204 g/mol. The maximum absolute atomic E-state index is 4.46. The summed E-state index contributed by atoms with van der Waals surface area (Å²) in [7, 11) is 2.22. The van der Waals surface area contributed by atoms with Crippen LogP contribution >= 0.6 is 12.6 Å². The third-order valence-corrected chi connectivity index (χ3v) is 3.93. The summed E-state index contributed by atoms with van der Waals surface area (Å²) in [5.74, 6) is 1.82. The lowest BCUT2D eigenvalue weighted by molar-refractivity contribution is 0.0866. The fourth-order valence-electron chi connectivity index (χ4n) is 2.43. The second-order valence-electron chi connectivity index (χ2n) is 4.94. The molecule has 0 N–H and O–H groups in total. The highest BCUT2D eigenvalue weighted by molar-refractivity contribution is 7.80. The summed E-state index contributed by atoms with van der Waals surface area (Å²) < 4.78 is 0. The molecule has 0 radical (unpaired) electrons. The van der Waals surface area contributed by atoms with Crippen LogP contribution in [0.4, 0.5) is 0 Å². The lowest BCUT2D eigenvalue weighted by atomic mass is 10.0. The van der Waals surface area contributed by atoms with Gasteiger partial charge in [-0.15, -0.1) is 0 Å². The van der Waals surface area contributed by atoms with E-state index in [1.54, 1.807) is 0 Å². The summed E-state index contributed by atoms with van der Waals surface area (Å²) in [6, 6.07) is 0.711. The number of piperazine rings is 1. The minimum atomic E-state index is 0.711. The lowest BCUT2D eigenvalue weighted by Crippen LogP contribution is -2.51. The third-order valence-electron chi connectivity index (χ3n) is 3.42. The first-order valence-electron chi connectivity index (χ1n) is 6.20. The van der Waals surface area contributed by atoms with Crippen LogP contribution in [0.1, 0.15) is 26.7 Å². The molecule has 0 aromatic carbocycles. The van der Waals surface area contributed by atoms with Gasteiger partial charge in [-0.3, -0.25) is 4.90 Å². The second-order valence-corrected chi connectivity index (χ2v) is 5.31. The maximum Gasteiger partial charge on any atom is 0.0195 e. The Morgan fingerprint density at radius 1 is 1.40 bits per heavy atom. The smallest absolute Gasteiger partial charge is 0.0195 e. The van der Waals surface area contributed by atoms with Gasteiger partial charge < -0.3 is 4.90 Å². The molecule has 1 aliphatic heterocycles. The van der Waals surface area contributed by atoms with E-state index in [4.69, 9.17) is 0 Å². The molecular formula is C12H26N2S.